The van der Waals surface area contributed by atoms with Gasteiger partial charge < -0.3 is 30.8 Å². The van der Waals surface area contributed by atoms with Crippen LogP contribution in [0.15, 0.2) is 35.4 Å². The zero-order valence-electron chi connectivity index (χ0n) is 17.0. The number of aromatic nitrogens is 2. The molecule has 31 heavy (non-hydrogen) atoms. The summed E-state index contributed by atoms with van der Waals surface area (Å²) >= 11 is 0. The van der Waals surface area contributed by atoms with Crippen LogP contribution in [-0.2, 0) is 5.54 Å². The van der Waals surface area contributed by atoms with E-state index in [1.54, 1.807) is 16.8 Å². The summed E-state index contributed by atoms with van der Waals surface area (Å²) in [5.74, 6) is -1.45. The number of carboxylic acids is 1. The summed E-state index contributed by atoms with van der Waals surface area (Å²) < 4.78 is 22.7. The second kappa shape index (κ2) is 7.46. The topological polar surface area (TPSA) is 132 Å². The van der Waals surface area contributed by atoms with Gasteiger partial charge >= 0.3 is 5.97 Å². The van der Waals surface area contributed by atoms with E-state index in [0.717, 1.165) is 0 Å². The highest BCUT2D eigenvalue weighted by atomic mass is 19.1. The number of halogens is 1. The fraction of sp³-hybridized carbons (Fsp3) is 0.286. The molecule has 5 N–H and O–H groups in total. The maximum atomic E-state index is 15.2. The number of nitrogens with zero attached hydrogens (tertiary/aromatic N) is 2. The number of benzene rings is 1. The van der Waals surface area contributed by atoms with Crippen molar-refractivity contribution in [1.82, 2.24) is 9.55 Å². The lowest BCUT2D eigenvalue weighted by Crippen LogP contribution is -2.39. The molecular weight excluding hydrogens is 405 g/mol. The molecule has 1 aliphatic rings. The molecule has 0 amide bonds. The minimum Gasteiger partial charge on any atom is -0.487 e. The van der Waals surface area contributed by atoms with Gasteiger partial charge in [0.15, 0.2) is 11.6 Å². The predicted octanol–water partition coefficient (Wildman–Crippen LogP) is 2.47. The molecule has 0 saturated carbocycles. The first-order valence-electron chi connectivity index (χ1n) is 9.68. The van der Waals surface area contributed by atoms with Crippen molar-refractivity contribution in [2.75, 3.05) is 36.1 Å². The Morgan fingerprint density at radius 3 is 2.77 bits per heavy atom. The normalized spacial score (nSPS) is 14.2. The van der Waals surface area contributed by atoms with E-state index in [2.05, 4.69) is 15.6 Å². The summed E-state index contributed by atoms with van der Waals surface area (Å²) in [5, 5.41) is 15.3. The van der Waals surface area contributed by atoms with Gasteiger partial charge in [0.05, 0.1) is 22.1 Å². The number of nitrogens with one attached hydrogen (secondary N) is 2. The molecule has 10 heteroatoms. The van der Waals surface area contributed by atoms with Crippen molar-refractivity contribution in [2.45, 2.75) is 19.4 Å². The molecule has 0 atom stereocenters. The fourth-order valence-electron chi connectivity index (χ4n) is 3.64. The maximum absolute atomic E-state index is 15.2. The monoisotopic (exact) mass is 427 g/mol. The second-order valence-electron chi connectivity index (χ2n) is 7.87. The largest absolute Gasteiger partial charge is 0.487 e. The minimum atomic E-state index is -1.40. The van der Waals surface area contributed by atoms with E-state index < -0.39 is 34.0 Å². The van der Waals surface area contributed by atoms with Gasteiger partial charge in [0.25, 0.3) is 0 Å². The summed E-state index contributed by atoms with van der Waals surface area (Å²) in [5.41, 5.74) is 3.87. The number of nitrogens with two attached hydrogens (primary N) is 1. The first kappa shape index (κ1) is 20.5. The van der Waals surface area contributed by atoms with Crippen molar-refractivity contribution in [3.63, 3.8) is 0 Å². The lowest BCUT2D eigenvalue weighted by Gasteiger charge is -2.36. The first-order valence-corrected chi connectivity index (χ1v) is 9.68. The van der Waals surface area contributed by atoms with Gasteiger partial charge in [-0.15, -0.1) is 0 Å². The molecule has 3 aromatic rings. The first-order chi connectivity index (χ1) is 14.7. The highest BCUT2D eigenvalue weighted by Crippen LogP contribution is 2.44. The Morgan fingerprint density at radius 2 is 2.10 bits per heavy atom. The molecule has 1 aromatic carbocycles. The van der Waals surface area contributed by atoms with E-state index in [0.29, 0.717) is 18.9 Å². The summed E-state index contributed by atoms with van der Waals surface area (Å²) in [6, 6.07) is 5.45. The van der Waals surface area contributed by atoms with Gasteiger partial charge in [0.1, 0.15) is 23.7 Å². The number of aromatic carboxylic acids is 1. The highest BCUT2D eigenvalue weighted by Gasteiger charge is 2.35. The number of hydrogen-bond donors (Lipinski definition) is 4. The van der Waals surface area contributed by atoms with Crippen molar-refractivity contribution < 1.29 is 19.0 Å². The maximum Gasteiger partial charge on any atom is 0.341 e. The van der Waals surface area contributed by atoms with Crippen LogP contribution in [0.3, 0.4) is 0 Å². The van der Waals surface area contributed by atoms with Crippen molar-refractivity contribution in [3.8, 4) is 5.75 Å². The SMILES string of the molecule is CC1(C)COc2c(NCCNc3ccccn3)c(F)c(N)c3c(=O)c(C(=O)O)cn1c23. The summed E-state index contributed by atoms with van der Waals surface area (Å²) in [6.45, 7) is 4.56. The van der Waals surface area contributed by atoms with E-state index in [1.807, 2.05) is 26.0 Å². The number of carboxylic acid groups (broad SMARTS) is 1. The van der Waals surface area contributed by atoms with E-state index in [1.165, 1.54) is 6.20 Å². The average molecular weight is 427 g/mol. The third-order valence-electron chi connectivity index (χ3n) is 5.23. The van der Waals surface area contributed by atoms with Crippen molar-refractivity contribution in [1.29, 1.82) is 0 Å². The molecule has 0 bridgehead atoms. The third-order valence-corrected chi connectivity index (χ3v) is 5.23. The summed E-state index contributed by atoms with van der Waals surface area (Å²) in [6.07, 6.45) is 2.92. The van der Waals surface area contributed by atoms with Crippen LogP contribution in [0.1, 0.15) is 24.2 Å². The Balaban J connectivity index is 1.79. The molecular formula is C21H22FN5O4. The minimum absolute atomic E-state index is 0.0274. The van der Waals surface area contributed by atoms with Crippen LogP contribution in [0.5, 0.6) is 5.75 Å². The summed E-state index contributed by atoms with van der Waals surface area (Å²) in [4.78, 5) is 28.5. The lowest BCUT2D eigenvalue weighted by molar-refractivity contribution is 0.0693. The Hall–Kier alpha value is -3.82. The molecule has 2 aromatic heterocycles. The third kappa shape index (κ3) is 3.39. The van der Waals surface area contributed by atoms with Crippen LogP contribution in [0.25, 0.3) is 10.9 Å². The van der Waals surface area contributed by atoms with Gasteiger partial charge in [-0.2, -0.15) is 0 Å². The quantitative estimate of drug-likeness (QED) is 0.349. The molecule has 0 spiro atoms. The average Bonchev–Trinajstić information content (AvgIpc) is 2.73. The number of nitrogen functional groups attached to an aromatic ring is 1. The van der Waals surface area contributed by atoms with E-state index in [4.69, 9.17) is 10.5 Å². The zero-order valence-corrected chi connectivity index (χ0v) is 17.0. The van der Waals surface area contributed by atoms with Crippen molar-refractivity contribution in [3.05, 3.63) is 52.2 Å². The number of anilines is 3. The van der Waals surface area contributed by atoms with Crippen LogP contribution >= 0.6 is 0 Å². The molecule has 162 valence electrons. The van der Waals surface area contributed by atoms with Crippen LogP contribution in [0, 0.1) is 5.82 Å². The van der Waals surface area contributed by atoms with Crippen LogP contribution in [-0.4, -0.2) is 40.3 Å². The number of pyridine rings is 2. The molecule has 3 heterocycles. The molecule has 1 aliphatic heterocycles. The van der Waals surface area contributed by atoms with Crippen LogP contribution < -0.4 is 26.5 Å². The number of rotatable bonds is 6. The van der Waals surface area contributed by atoms with E-state index >= 15 is 4.39 Å². The molecule has 0 radical (unpaired) electrons. The predicted molar refractivity (Wildman–Crippen MR) is 116 cm³/mol. The van der Waals surface area contributed by atoms with Crippen LogP contribution in [0.4, 0.5) is 21.6 Å². The Bertz CT molecular complexity index is 1240. The fourth-order valence-corrected chi connectivity index (χ4v) is 3.64. The van der Waals surface area contributed by atoms with Crippen molar-refractivity contribution >= 4 is 34.1 Å². The zero-order chi connectivity index (χ0) is 22.3. The van der Waals surface area contributed by atoms with Gasteiger partial charge in [-0.3, -0.25) is 4.79 Å². The molecule has 0 aliphatic carbocycles. The van der Waals surface area contributed by atoms with Crippen molar-refractivity contribution in [2.24, 2.45) is 0 Å². The van der Waals surface area contributed by atoms with Gasteiger partial charge in [-0.1, -0.05) is 6.07 Å². The second-order valence-corrected chi connectivity index (χ2v) is 7.87. The lowest BCUT2D eigenvalue weighted by atomic mass is 9.98. The van der Waals surface area contributed by atoms with Gasteiger partial charge in [-0.05, 0) is 26.0 Å². The Kier molecular flexibility index (Phi) is 4.92. The molecule has 9 nitrogen and oxygen atoms in total. The summed E-state index contributed by atoms with van der Waals surface area (Å²) in [7, 11) is 0. The Morgan fingerprint density at radius 1 is 1.35 bits per heavy atom. The molecule has 0 fully saturated rings. The number of hydrogen-bond acceptors (Lipinski definition) is 7. The standard InChI is InChI=1S/C21H22FN5O4/c1-21(2)10-31-19-16(26-8-7-25-12-5-3-4-6-24-12)14(22)15(23)13-17(19)27(21)9-11(18(13)28)20(29)30/h3-6,9,26H,7-8,10,23H2,1-2H3,(H,24,25)(H,29,30). The van der Waals surface area contributed by atoms with Gasteiger partial charge in [-0.25, -0.2) is 14.2 Å². The highest BCUT2D eigenvalue weighted by molar-refractivity contribution is 6.03. The molecule has 0 saturated heterocycles. The van der Waals surface area contributed by atoms with E-state index in [9.17, 15) is 14.7 Å². The number of ether oxygens (including phenoxy) is 1. The number of carbonyl (C=O) groups is 1. The molecule has 0 unspecified atom stereocenters. The van der Waals surface area contributed by atoms with Gasteiger partial charge in [0.2, 0.25) is 5.43 Å². The van der Waals surface area contributed by atoms with E-state index in [-0.39, 0.29) is 28.9 Å². The smallest absolute Gasteiger partial charge is 0.341 e. The Labute approximate surface area is 176 Å². The van der Waals surface area contributed by atoms with Crippen LogP contribution in [0.2, 0.25) is 0 Å². The molecule has 4 rings (SSSR count). The van der Waals surface area contributed by atoms with Gasteiger partial charge in [0, 0.05) is 25.5 Å².